The molecule has 0 aliphatic heterocycles. The number of pyridine rings is 2. The number of nitrogens with zero attached hydrogens (tertiary/aromatic N) is 2. The van der Waals surface area contributed by atoms with E-state index in [4.69, 9.17) is 10.5 Å². The van der Waals surface area contributed by atoms with Crippen LogP contribution in [0.2, 0.25) is 0 Å². The summed E-state index contributed by atoms with van der Waals surface area (Å²) in [5.74, 6) is 0.195. The average Bonchev–Trinajstić information content (AvgIpc) is 2.39. The molecule has 0 saturated carbocycles. The fourth-order valence-corrected chi connectivity index (χ4v) is 1.01. The van der Waals surface area contributed by atoms with Gasteiger partial charge in [-0.3, -0.25) is 4.79 Å². The molecule has 0 aliphatic carbocycles. The lowest BCUT2D eigenvalue weighted by molar-refractivity contribution is 0.112. The van der Waals surface area contributed by atoms with Crippen LogP contribution in [0.25, 0.3) is 0 Å². The van der Waals surface area contributed by atoms with Crippen molar-refractivity contribution in [2.24, 2.45) is 0 Å². The number of rotatable bonds is 2. The van der Waals surface area contributed by atoms with Gasteiger partial charge >= 0.3 is 0 Å². The van der Waals surface area contributed by atoms with Crippen LogP contribution in [-0.2, 0) is 0 Å². The van der Waals surface area contributed by atoms with Gasteiger partial charge in [0, 0.05) is 17.8 Å². The van der Waals surface area contributed by atoms with E-state index in [1.165, 1.54) is 31.5 Å². The highest BCUT2D eigenvalue weighted by molar-refractivity contribution is 5.73. The quantitative estimate of drug-likeness (QED) is 0.647. The van der Waals surface area contributed by atoms with Crippen LogP contribution in [0.3, 0.4) is 0 Å². The van der Waals surface area contributed by atoms with Gasteiger partial charge in [0.15, 0.2) is 6.29 Å². The van der Waals surface area contributed by atoms with Crippen LogP contribution in [0.4, 0.5) is 10.2 Å². The van der Waals surface area contributed by atoms with Gasteiger partial charge in [0.2, 0.25) is 11.8 Å². The van der Waals surface area contributed by atoms with E-state index in [-0.39, 0.29) is 5.82 Å². The van der Waals surface area contributed by atoms with E-state index in [2.05, 4.69) is 9.97 Å². The molecule has 2 heterocycles. The van der Waals surface area contributed by atoms with Crippen molar-refractivity contribution in [3.05, 3.63) is 48.0 Å². The van der Waals surface area contributed by atoms with Crippen LogP contribution in [-0.4, -0.2) is 23.4 Å². The van der Waals surface area contributed by atoms with Gasteiger partial charge in [-0.1, -0.05) is 6.07 Å². The maximum atomic E-state index is 12.0. The van der Waals surface area contributed by atoms with Crippen LogP contribution >= 0.6 is 0 Å². The van der Waals surface area contributed by atoms with Crippen LogP contribution < -0.4 is 10.5 Å². The lowest BCUT2D eigenvalue weighted by atomic mass is 10.3. The van der Waals surface area contributed by atoms with E-state index < -0.39 is 5.95 Å². The summed E-state index contributed by atoms with van der Waals surface area (Å²) in [4.78, 5) is 17.2. The van der Waals surface area contributed by atoms with E-state index >= 15 is 0 Å². The predicted octanol–water partition coefficient (Wildman–Crippen LogP) is 1.71. The molecule has 0 aromatic carbocycles. The van der Waals surface area contributed by atoms with Crippen molar-refractivity contribution in [2.75, 3.05) is 12.8 Å². The summed E-state index contributed by atoms with van der Waals surface area (Å²) in [7, 11) is 1.53. The van der Waals surface area contributed by atoms with E-state index in [1.54, 1.807) is 12.1 Å². The van der Waals surface area contributed by atoms with Crippen molar-refractivity contribution in [1.82, 2.24) is 9.97 Å². The number of carbonyl (C=O) groups excluding carboxylic acids is 1. The summed E-state index contributed by atoms with van der Waals surface area (Å²) < 4.78 is 16.8. The molecule has 18 heavy (non-hydrogen) atoms. The maximum absolute atomic E-state index is 12.0. The van der Waals surface area contributed by atoms with E-state index in [0.29, 0.717) is 11.4 Å². The molecular weight excluding hydrogens is 237 g/mol. The van der Waals surface area contributed by atoms with Gasteiger partial charge in [0.1, 0.15) is 5.82 Å². The summed E-state index contributed by atoms with van der Waals surface area (Å²) in [6.45, 7) is 0. The van der Waals surface area contributed by atoms with Gasteiger partial charge in [-0.05, 0) is 18.2 Å². The lowest BCUT2D eigenvalue weighted by Crippen LogP contribution is -1.90. The molecule has 0 bridgehead atoms. The molecule has 94 valence electrons. The van der Waals surface area contributed by atoms with Crippen molar-refractivity contribution in [2.45, 2.75) is 0 Å². The molecule has 0 unspecified atom stereocenters. The Balaban J connectivity index is 0.000000184. The molecular formula is C12H12FN3O2. The fraction of sp³-hybridized carbons (Fsp3) is 0.0833. The van der Waals surface area contributed by atoms with Crippen molar-refractivity contribution in [3.8, 4) is 5.88 Å². The zero-order chi connectivity index (χ0) is 13.4. The third-order valence-electron chi connectivity index (χ3n) is 1.84. The molecule has 2 N–H and O–H groups in total. The first-order valence-corrected chi connectivity index (χ1v) is 4.99. The summed E-state index contributed by atoms with van der Waals surface area (Å²) in [6.07, 6.45) is 2.21. The molecule has 6 heteroatoms. The molecule has 0 aliphatic rings. The fourth-order valence-electron chi connectivity index (χ4n) is 1.01. The van der Waals surface area contributed by atoms with Crippen LogP contribution in [0.5, 0.6) is 5.88 Å². The van der Waals surface area contributed by atoms with E-state index in [9.17, 15) is 9.18 Å². The Labute approximate surface area is 103 Å². The first-order chi connectivity index (χ1) is 8.65. The number of nitrogens with two attached hydrogens (primary N) is 1. The second-order valence-corrected chi connectivity index (χ2v) is 3.14. The number of carbonyl (C=O) groups is 1. The molecule has 0 amide bonds. The number of hydrogen-bond donors (Lipinski definition) is 1. The molecule has 2 rings (SSSR count). The Bertz CT molecular complexity index is 486. The summed E-state index contributed by atoms with van der Waals surface area (Å²) >= 11 is 0. The Hall–Kier alpha value is -2.50. The summed E-state index contributed by atoms with van der Waals surface area (Å²) in [5.41, 5.74) is 5.66. The Morgan fingerprint density at radius 2 is 2.11 bits per heavy atom. The maximum Gasteiger partial charge on any atom is 0.214 e. The number of hydrogen-bond acceptors (Lipinski definition) is 5. The second kappa shape index (κ2) is 6.95. The third kappa shape index (κ3) is 4.56. The third-order valence-corrected chi connectivity index (χ3v) is 1.84. The topological polar surface area (TPSA) is 78.1 Å². The van der Waals surface area contributed by atoms with Crippen molar-refractivity contribution >= 4 is 12.1 Å². The number of ether oxygens (including phenoxy) is 1. The first kappa shape index (κ1) is 13.6. The smallest absolute Gasteiger partial charge is 0.214 e. The lowest BCUT2D eigenvalue weighted by Gasteiger charge is -1.95. The summed E-state index contributed by atoms with van der Waals surface area (Å²) in [6, 6.07) is 7.58. The van der Waals surface area contributed by atoms with Crippen LogP contribution in [0.15, 0.2) is 36.5 Å². The predicted molar refractivity (Wildman–Crippen MR) is 64.8 cm³/mol. The average molecular weight is 249 g/mol. The first-order valence-electron chi connectivity index (χ1n) is 4.99. The largest absolute Gasteiger partial charge is 0.481 e. The van der Waals surface area contributed by atoms with E-state index in [1.807, 2.05) is 0 Å². The minimum atomic E-state index is -0.537. The molecule has 5 nitrogen and oxygen atoms in total. The molecule has 0 atom stereocenters. The highest BCUT2D eigenvalue weighted by Gasteiger charge is 1.91. The van der Waals surface area contributed by atoms with Gasteiger partial charge in [0.05, 0.1) is 7.11 Å². The minimum Gasteiger partial charge on any atom is -0.481 e. The van der Waals surface area contributed by atoms with Gasteiger partial charge in [-0.15, -0.1) is 0 Å². The number of nitrogen functional groups attached to an aromatic ring is 1. The monoisotopic (exact) mass is 249 g/mol. The van der Waals surface area contributed by atoms with Crippen LogP contribution in [0, 0.1) is 5.95 Å². The Morgan fingerprint density at radius 3 is 2.50 bits per heavy atom. The number of halogens is 1. The molecule has 2 aromatic heterocycles. The highest BCUT2D eigenvalue weighted by atomic mass is 19.1. The summed E-state index contributed by atoms with van der Waals surface area (Å²) in [5, 5.41) is 0. The molecule has 0 saturated heterocycles. The Kier molecular flexibility index (Phi) is 5.24. The van der Waals surface area contributed by atoms with E-state index in [0.717, 1.165) is 6.29 Å². The zero-order valence-electron chi connectivity index (χ0n) is 9.71. The van der Waals surface area contributed by atoms with Crippen LogP contribution in [0.1, 0.15) is 10.4 Å². The minimum absolute atomic E-state index is 0.213. The van der Waals surface area contributed by atoms with Gasteiger partial charge in [0.25, 0.3) is 0 Å². The molecule has 2 aromatic rings. The second-order valence-electron chi connectivity index (χ2n) is 3.14. The Morgan fingerprint density at radius 1 is 1.33 bits per heavy atom. The highest BCUT2D eigenvalue weighted by Crippen LogP contribution is 2.03. The molecule has 0 fully saturated rings. The van der Waals surface area contributed by atoms with Crippen molar-refractivity contribution in [3.63, 3.8) is 0 Å². The number of aromatic nitrogens is 2. The molecule has 0 spiro atoms. The zero-order valence-corrected chi connectivity index (χ0v) is 9.71. The number of methoxy groups -OCH3 is 1. The van der Waals surface area contributed by atoms with Crippen molar-refractivity contribution in [1.29, 1.82) is 0 Å². The van der Waals surface area contributed by atoms with Gasteiger partial charge in [-0.25, -0.2) is 9.97 Å². The number of aldehydes is 1. The standard InChI is InChI=1S/C7H7NO2.C5H5FN2/c1-10-7-3-2-6(5-9)4-8-7;6-4-2-1-3-5(7)8-4/h2-5H,1H3;1-3H,(H2,7,8). The van der Waals surface area contributed by atoms with Gasteiger partial charge < -0.3 is 10.5 Å². The number of anilines is 1. The normalized spacial score (nSPS) is 9.00. The van der Waals surface area contributed by atoms with Gasteiger partial charge in [-0.2, -0.15) is 4.39 Å². The van der Waals surface area contributed by atoms with Crippen molar-refractivity contribution < 1.29 is 13.9 Å². The SMILES string of the molecule is COc1ccc(C=O)cn1.Nc1cccc(F)n1. The molecule has 0 radical (unpaired) electrons.